The summed E-state index contributed by atoms with van der Waals surface area (Å²) < 4.78 is 6.12. The Hall–Kier alpha value is -0.160. The van der Waals surface area contributed by atoms with Crippen LogP contribution in [0.15, 0.2) is 0 Å². The van der Waals surface area contributed by atoms with Crippen LogP contribution in [-0.2, 0) is 4.74 Å². The summed E-state index contributed by atoms with van der Waals surface area (Å²) in [6.45, 7) is 11.7. The Morgan fingerprint density at radius 1 is 1.20 bits per heavy atom. The normalized spacial score (nSPS) is 36.1. The quantitative estimate of drug-likeness (QED) is 0.853. The van der Waals surface area contributed by atoms with Gasteiger partial charge in [-0.2, -0.15) is 0 Å². The highest BCUT2D eigenvalue weighted by Crippen LogP contribution is 2.44. The largest absolute Gasteiger partial charge is 0.393 e. The van der Waals surface area contributed by atoms with E-state index in [2.05, 4.69) is 51.6 Å². The Morgan fingerprint density at radius 2 is 1.85 bits per heavy atom. The van der Waals surface area contributed by atoms with E-state index in [4.69, 9.17) is 4.74 Å². The maximum Gasteiger partial charge on any atom is 0.0687 e. The van der Waals surface area contributed by atoms with Gasteiger partial charge in [0.15, 0.2) is 0 Å². The zero-order chi connectivity index (χ0) is 15.1. The summed E-state index contributed by atoms with van der Waals surface area (Å²) in [4.78, 5) is 4.74. The molecule has 0 radical (unpaired) electrons. The Labute approximate surface area is 124 Å². The van der Waals surface area contributed by atoms with Gasteiger partial charge in [0.05, 0.1) is 17.3 Å². The van der Waals surface area contributed by atoms with Crippen molar-refractivity contribution in [1.82, 2.24) is 9.80 Å². The monoisotopic (exact) mass is 284 g/mol. The number of piperazine rings is 1. The highest BCUT2D eigenvalue weighted by atomic mass is 16.5. The first-order valence-corrected chi connectivity index (χ1v) is 7.88. The number of likely N-dealkylation sites (N-methyl/N-ethyl adjacent to an activating group) is 2. The highest BCUT2D eigenvalue weighted by molar-refractivity contribution is 4.98. The molecule has 4 heteroatoms. The van der Waals surface area contributed by atoms with Gasteiger partial charge in [0, 0.05) is 31.6 Å². The van der Waals surface area contributed by atoms with Crippen molar-refractivity contribution in [2.45, 2.75) is 63.9 Å². The van der Waals surface area contributed by atoms with Crippen molar-refractivity contribution in [3.63, 3.8) is 0 Å². The minimum atomic E-state index is -0.286. The summed E-state index contributed by atoms with van der Waals surface area (Å²) in [5.74, 6) is 0.220. The van der Waals surface area contributed by atoms with E-state index in [9.17, 15) is 5.11 Å². The lowest BCUT2D eigenvalue weighted by Crippen LogP contribution is -2.52. The fourth-order valence-corrected chi connectivity index (χ4v) is 4.00. The minimum absolute atomic E-state index is 0.121. The Kier molecular flexibility index (Phi) is 4.51. The number of aliphatic hydroxyl groups excluding tert-OH is 1. The van der Waals surface area contributed by atoms with E-state index in [1.54, 1.807) is 0 Å². The molecule has 0 aliphatic carbocycles. The molecule has 2 saturated heterocycles. The van der Waals surface area contributed by atoms with Crippen molar-refractivity contribution in [3.8, 4) is 0 Å². The lowest BCUT2D eigenvalue weighted by molar-refractivity contribution is -0.0906. The van der Waals surface area contributed by atoms with Gasteiger partial charge in [-0.3, -0.25) is 0 Å². The molecule has 2 aliphatic rings. The van der Waals surface area contributed by atoms with Gasteiger partial charge in [0.1, 0.15) is 0 Å². The number of hydrogen-bond donors (Lipinski definition) is 1. The van der Waals surface area contributed by atoms with Crippen LogP contribution in [-0.4, -0.2) is 72.0 Å². The Morgan fingerprint density at radius 3 is 2.40 bits per heavy atom. The van der Waals surface area contributed by atoms with Gasteiger partial charge in [-0.05, 0) is 54.6 Å². The summed E-state index contributed by atoms with van der Waals surface area (Å²) in [7, 11) is 4.34. The molecule has 0 bridgehead atoms. The lowest BCUT2D eigenvalue weighted by atomic mass is 9.80. The molecular weight excluding hydrogens is 252 g/mol. The van der Waals surface area contributed by atoms with Gasteiger partial charge in [0.25, 0.3) is 0 Å². The van der Waals surface area contributed by atoms with E-state index in [0.717, 1.165) is 32.5 Å². The second-order valence-corrected chi connectivity index (χ2v) is 7.98. The van der Waals surface area contributed by atoms with Crippen LogP contribution in [0.2, 0.25) is 0 Å². The molecule has 4 nitrogen and oxygen atoms in total. The van der Waals surface area contributed by atoms with E-state index in [-0.39, 0.29) is 23.2 Å². The number of ether oxygens (including phenoxy) is 1. The number of hydrogen-bond acceptors (Lipinski definition) is 4. The first-order chi connectivity index (χ1) is 9.11. The molecule has 2 rings (SSSR count). The molecule has 0 saturated carbocycles. The van der Waals surface area contributed by atoms with Gasteiger partial charge >= 0.3 is 0 Å². The molecule has 0 aromatic carbocycles. The van der Waals surface area contributed by atoms with E-state index in [0.29, 0.717) is 6.04 Å². The van der Waals surface area contributed by atoms with Crippen molar-refractivity contribution in [2.24, 2.45) is 5.92 Å². The second kappa shape index (κ2) is 5.56. The van der Waals surface area contributed by atoms with Crippen molar-refractivity contribution in [3.05, 3.63) is 0 Å². The third-order valence-corrected chi connectivity index (χ3v) is 5.10. The smallest absolute Gasteiger partial charge is 0.0687 e. The highest BCUT2D eigenvalue weighted by Gasteiger charge is 2.49. The van der Waals surface area contributed by atoms with E-state index in [1.165, 1.54) is 0 Å². The summed E-state index contributed by atoms with van der Waals surface area (Å²) in [5, 5.41) is 10.7. The average molecular weight is 284 g/mol. The zero-order valence-corrected chi connectivity index (χ0v) is 14.0. The van der Waals surface area contributed by atoms with Gasteiger partial charge in [-0.25, -0.2) is 0 Å². The van der Waals surface area contributed by atoms with Crippen LogP contribution in [0, 0.1) is 5.92 Å². The summed E-state index contributed by atoms with van der Waals surface area (Å²) in [6, 6.07) is 0.447. The van der Waals surface area contributed by atoms with E-state index < -0.39 is 0 Å². The van der Waals surface area contributed by atoms with Gasteiger partial charge in [-0.1, -0.05) is 0 Å². The first-order valence-electron chi connectivity index (χ1n) is 7.88. The fraction of sp³-hybridized carbons (Fsp3) is 1.00. The zero-order valence-electron chi connectivity index (χ0n) is 14.0. The molecule has 0 spiro atoms. The SMILES string of the molecule is CN1CCN(C)C(CC(O)C2CC(C)(C)OC2(C)C)C1. The van der Waals surface area contributed by atoms with E-state index in [1.807, 2.05) is 0 Å². The maximum atomic E-state index is 10.7. The van der Waals surface area contributed by atoms with Crippen LogP contribution in [0.4, 0.5) is 0 Å². The standard InChI is InChI=1S/C16H32N2O2/c1-15(2)10-13(16(3,4)20-15)14(19)9-12-11-17(5)7-8-18(12)6/h12-14,19H,7-11H2,1-6H3. The third kappa shape index (κ3) is 3.53. The molecule has 3 atom stereocenters. The second-order valence-electron chi connectivity index (χ2n) is 7.98. The molecule has 0 amide bonds. The topological polar surface area (TPSA) is 35.9 Å². The molecule has 1 N–H and O–H groups in total. The van der Waals surface area contributed by atoms with Crippen LogP contribution < -0.4 is 0 Å². The molecule has 2 aliphatic heterocycles. The van der Waals surface area contributed by atoms with Crippen LogP contribution in [0.25, 0.3) is 0 Å². The maximum absolute atomic E-state index is 10.7. The molecule has 20 heavy (non-hydrogen) atoms. The lowest BCUT2D eigenvalue weighted by Gasteiger charge is -2.40. The van der Waals surface area contributed by atoms with Crippen molar-refractivity contribution < 1.29 is 9.84 Å². The minimum Gasteiger partial charge on any atom is -0.393 e. The van der Waals surface area contributed by atoms with Crippen molar-refractivity contribution in [2.75, 3.05) is 33.7 Å². The molecule has 118 valence electrons. The number of rotatable bonds is 3. The van der Waals surface area contributed by atoms with Gasteiger partial charge < -0.3 is 19.6 Å². The number of aliphatic hydroxyl groups is 1. The predicted molar refractivity (Wildman–Crippen MR) is 81.9 cm³/mol. The van der Waals surface area contributed by atoms with Crippen LogP contribution in [0.5, 0.6) is 0 Å². The molecule has 0 aromatic rings. The predicted octanol–water partition coefficient (Wildman–Crippen LogP) is 1.58. The van der Waals surface area contributed by atoms with Crippen molar-refractivity contribution in [1.29, 1.82) is 0 Å². The fourth-order valence-electron chi connectivity index (χ4n) is 4.00. The molecule has 3 unspecified atom stereocenters. The molecule has 2 fully saturated rings. The van der Waals surface area contributed by atoms with Crippen LogP contribution in [0.1, 0.15) is 40.5 Å². The van der Waals surface area contributed by atoms with Crippen molar-refractivity contribution >= 4 is 0 Å². The average Bonchev–Trinajstić information content (AvgIpc) is 2.52. The summed E-state index contributed by atoms with van der Waals surface area (Å²) >= 11 is 0. The molecular formula is C16H32N2O2. The third-order valence-electron chi connectivity index (χ3n) is 5.10. The van der Waals surface area contributed by atoms with Gasteiger partial charge in [0.2, 0.25) is 0 Å². The molecule has 2 heterocycles. The summed E-state index contributed by atoms with van der Waals surface area (Å²) in [6.07, 6.45) is 1.49. The first kappa shape index (κ1) is 16.2. The summed E-state index contributed by atoms with van der Waals surface area (Å²) in [5.41, 5.74) is -0.355. The van der Waals surface area contributed by atoms with Crippen LogP contribution in [0.3, 0.4) is 0 Å². The van der Waals surface area contributed by atoms with E-state index >= 15 is 0 Å². The molecule has 0 aromatic heterocycles. The number of nitrogens with zero attached hydrogens (tertiary/aromatic N) is 2. The Balaban J connectivity index is 1.99. The van der Waals surface area contributed by atoms with Gasteiger partial charge in [-0.15, -0.1) is 0 Å². The Bertz CT molecular complexity index is 343. The van der Waals surface area contributed by atoms with Crippen LogP contribution >= 0.6 is 0 Å².